The number of nitrogens with one attached hydrogen (secondary N) is 1. The lowest BCUT2D eigenvalue weighted by Gasteiger charge is -2.29. The zero-order valence-electron chi connectivity index (χ0n) is 11.1. The van der Waals surface area contributed by atoms with Gasteiger partial charge in [-0.2, -0.15) is 5.10 Å². The van der Waals surface area contributed by atoms with Crippen LogP contribution in [0.4, 0.5) is 0 Å². The molecule has 0 aliphatic heterocycles. The third kappa shape index (κ3) is 2.72. The first-order valence-electron chi connectivity index (χ1n) is 6.72. The first-order chi connectivity index (χ1) is 8.61. The van der Waals surface area contributed by atoms with Gasteiger partial charge in [-0.3, -0.25) is 9.48 Å². The lowest BCUT2D eigenvalue weighted by atomic mass is 9.91. The molecule has 0 bridgehead atoms. The van der Waals surface area contributed by atoms with E-state index in [-0.39, 0.29) is 18.0 Å². The Bertz CT molecular complexity index is 427. The van der Waals surface area contributed by atoms with E-state index in [0.29, 0.717) is 12.2 Å². The van der Waals surface area contributed by atoms with E-state index >= 15 is 0 Å². The van der Waals surface area contributed by atoms with E-state index in [4.69, 9.17) is 5.73 Å². The first-order valence-corrected chi connectivity index (χ1v) is 6.72. The molecule has 0 radical (unpaired) electrons. The third-order valence-electron chi connectivity index (χ3n) is 3.57. The molecular weight excluding hydrogens is 228 g/mol. The van der Waals surface area contributed by atoms with Gasteiger partial charge in [0.1, 0.15) is 5.69 Å². The highest BCUT2D eigenvalue weighted by molar-refractivity contribution is 5.92. The maximum absolute atomic E-state index is 12.2. The van der Waals surface area contributed by atoms with Gasteiger partial charge in [0, 0.05) is 18.6 Å². The van der Waals surface area contributed by atoms with Gasteiger partial charge in [-0.25, -0.2) is 0 Å². The van der Waals surface area contributed by atoms with Crippen molar-refractivity contribution in [1.82, 2.24) is 15.1 Å². The minimum absolute atomic E-state index is 0.0557. The molecule has 2 unspecified atom stereocenters. The molecule has 0 spiro atoms. The number of aromatic nitrogens is 2. The average Bonchev–Trinajstić information content (AvgIpc) is 2.73. The Morgan fingerprint density at radius 2 is 2.28 bits per heavy atom. The average molecular weight is 250 g/mol. The van der Waals surface area contributed by atoms with Crippen molar-refractivity contribution in [2.45, 2.75) is 58.2 Å². The summed E-state index contributed by atoms with van der Waals surface area (Å²) in [6.45, 7) is 4.58. The van der Waals surface area contributed by atoms with Gasteiger partial charge in [0.05, 0.1) is 5.69 Å². The van der Waals surface area contributed by atoms with Crippen LogP contribution in [0.25, 0.3) is 0 Å². The predicted molar refractivity (Wildman–Crippen MR) is 70.3 cm³/mol. The maximum atomic E-state index is 12.2. The van der Waals surface area contributed by atoms with Crippen LogP contribution in [0.5, 0.6) is 0 Å². The molecule has 1 aromatic heterocycles. The lowest BCUT2D eigenvalue weighted by Crippen LogP contribution is -2.49. The van der Waals surface area contributed by atoms with Crippen molar-refractivity contribution in [3.05, 3.63) is 17.5 Å². The van der Waals surface area contributed by atoms with Gasteiger partial charge in [-0.1, -0.05) is 12.8 Å². The molecule has 0 saturated heterocycles. The molecule has 1 heterocycles. The topological polar surface area (TPSA) is 72.9 Å². The summed E-state index contributed by atoms with van der Waals surface area (Å²) in [5.41, 5.74) is 7.55. The first kappa shape index (κ1) is 13.1. The molecular formula is C13H22N4O. The van der Waals surface area contributed by atoms with Gasteiger partial charge in [0.2, 0.25) is 0 Å². The van der Waals surface area contributed by atoms with Crippen LogP contribution in [0.15, 0.2) is 6.07 Å². The second kappa shape index (κ2) is 5.52. The van der Waals surface area contributed by atoms with E-state index in [1.807, 2.05) is 19.9 Å². The van der Waals surface area contributed by atoms with Crippen LogP contribution in [0.3, 0.4) is 0 Å². The summed E-state index contributed by atoms with van der Waals surface area (Å²) in [5.74, 6) is -0.0557. The maximum Gasteiger partial charge on any atom is 0.269 e. The number of nitrogens with two attached hydrogens (primary N) is 1. The SMILES string of the molecule is CCn1nc(C)cc1C(=O)NC1CCCCC1N. The molecule has 1 aromatic rings. The van der Waals surface area contributed by atoms with Gasteiger partial charge >= 0.3 is 0 Å². The Morgan fingerprint density at radius 3 is 2.94 bits per heavy atom. The van der Waals surface area contributed by atoms with Crippen LogP contribution in [-0.2, 0) is 6.54 Å². The van der Waals surface area contributed by atoms with Crippen LogP contribution < -0.4 is 11.1 Å². The standard InChI is InChI=1S/C13H22N4O/c1-3-17-12(8-9(2)16-17)13(18)15-11-7-5-4-6-10(11)14/h8,10-11H,3-7,14H2,1-2H3,(H,15,18). The second-order valence-electron chi connectivity index (χ2n) is 5.01. The number of aryl methyl sites for hydroxylation is 2. The molecule has 1 saturated carbocycles. The van der Waals surface area contributed by atoms with Gasteiger partial charge in [0.25, 0.3) is 5.91 Å². The number of nitrogens with zero attached hydrogens (tertiary/aromatic N) is 2. The molecule has 100 valence electrons. The Morgan fingerprint density at radius 1 is 1.56 bits per heavy atom. The zero-order valence-corrected chi connectivity index (χ0v) is 11.1. The summed E-state index contributed by atoms with van der Waals surface area (Å²) in [6.07, 6.45) is 4.29. The fraction of sp³-hybridized carbons (Fsp3) is 0.692. The Kier molecular flexibility index (Phi) is 4.01. The largest absolute Gasteiger partial charge is 0.346 e. The van der Waals surface area contributed by atoms with Gasteiger partial charge in [0.15, 0.2) is 0 Å². The van der Waals surface area contributed by atoms with Crippen molar-refractivity contribution in [2.24, 2.45) is 5.73 Å². The molecule has 3 N–H and O–H groups in total. The number of rotatable bonds is 3. The Balaban J connectivity index is 2.06. The van der Waals surface area contributed by atoms with E-state index in [2.05, 4.69) is 10.4 Å². The number of amides is 1. The number of hydrogen-bond acceptors (Lipinski definition) is 3. The molecule has 5 nitrogen and oxygen atoms in total. The highest BCUT2D eigenvalue weighted by Crippen LogP contribution is 2.17. The second-order valence-corrected chi connectivity index (χ2v) is 5.01. The lowest BCUT2D eigenvalue weighted by molar-refractivity contribution is 0.0910. The van der Waals surface area contributed by atoms with Crippen LogP contribution >= 0.6 is 0 Å². The van der Waals surface area contributed by atoms with Crippen molar-refractivity contribution in [1.29, 1.82) is 0 Å². The van der Waals surface area contributed by atoms with E-state index in [1.54, 1.807) is 4.68 Å². The number of carbonyl (C=O) groups is 1. The fourth-order valence-corrected chi connectivity index (χ4v) is 2.55. The molecule has 2 rings (SSSR count). The summed E-state index contributed by atoms with van der Waals surface area (Å²) in [4.78, 5) is 12.2. The molecule has 0 aromatic carbocycles. The molecule has 1 aliphatic rings. The smallest absolute Gasteiger partial charge is 0.269 e. The summed E-state index contributed by atoms with van der Waals surface area (Å²) in [7, 11) is 0. The van der Waals surface area contributed by atoms with Crippen LogP contribution in [0.2, 0.25) is 0 Å². The monoisotopic (exact) mass is 250 g/mol. The number of carbonyl (C=O) groups excluding carboxylic acids is 1. The predicted octanol–water partition coefficient (Wildman–Crippen LogP) is 1.21. The highest BCUT2D eigenvalue weighted by Gasteiger charge is 2.24. The van der Waals surface area contributed by atoms with Gasteiger partial charge in [-0.05, 0) is 32.8 Å². The molecule has 2 atom stereocenters. The van der Waals surface area contributed by atoms with Crippen molar-refractivity contribution in [2.75, 3.05) is 0 Å². The van der Waals surface area contributed by atoms with E-state index in [1.165, 1.54) is 6.42 Å². The molecule has 18 heavy (non-hydrogen) atoms. The molecule has 1 aliphatic carbocycles. The van der Waals surface area contributed by atoms with Gasteiger partial charge in [-0.15, -0.1) is 0 Å². The van der Waals surface area contributed by atoms with Crippen LogP contribution in [-0.4, -0.2) is 27.8 Å². The van der Waals surface area contributed by atoms with E-state index in [0.717, 1.165) is 25.0 Å². The fourth-order valence-electron chi connectivity index (χ4n) is 2.55. The quantitative estimate of drug-likeness (QED) is 0.847. The normalized spacial score (nSPS) is 23.9. The summed E-state index contributed by atoms with van der Waals surface area (Å²) < 4.78 is 1.74. The van der Waals surface area contributed by atoms with Crippen molar-refractivity contribution >= 4 is 5.91 Å². The Labute approximate surface area is 108 Å². The Hall–Kier alpha value is -1.36. The van der Waals surface area contributed by atoms with Crippen molar-refractivity contribution in [3.8, 4) is 0 Å². The minimum Gasteiger partial charge on any atom is -0.346 e. The molecule has 1 fully saturated rings. The summed E-state index contributed by atoms with van der Waals surface area (Å²) >= 11 is 0. The van der Waals surface area contributed by atoms with Crippen molar-refractivity contribution < 1.29 is 4.79 Å². The van der Waals surface area contributed by atoms with Crippen LogP contribution in [0.1, 0.15) is 48.8 Å². The highest BCUT2D eigenvalue weighted by atomic mass is 16.2. The molecule has 5 heteroatoms. The molecule has 1 amide bonds. The van der Waals surface area contributed by atoms with E-state index < -0.39 is 0 Å². The third-order valence-corrected chi connectivity index (χ3v) is 3.57. The summed E-state index contributed by atoms with van der Waals surface area (Å²) in [6, 6.07) is 2.02. The number of hydrogen-bond donors (Lipinski definition) is 2. The minimum atomic E-state index is -0.0557. The van der Waals surface area contributed by atoms with Crippen molar-refractivity contribution in [3.63, 3.8) is 0 Å². The van der Waals surface area contributed by atoms with E-state index in [9.17, 15) is 4.79 Å². The van der Waals surface area contributed by atoms with Gasteiger partial charge < -0.3 is 11.1 Å². The van der Waals surface area contributed by atoms with Crippen LogP contribution in [0, 0.1) is 6.92 Å². The zero-order chi connectivity index (χ0) is 13.1. The summed E-state index contributed by atoms with van der Waals surface area (Å²) in [5, 5.41) is 7.34.